The lowest BCUT2D eigenvalue weighted by molar-refractivity contribution is 0.102. The molecule has 164 valence electrons. The molecule has 1 aliphatic rings. The maximum absolute atomic E-state index is 13.0. The Labute approximate surface area is 185 Å². The van der Waals surface area contributed by atoms with Crippen LogP contribution in [0.15, 0.2) is 47.2 Å². The number of pyridine rings is 1. The Kier molecular flexibility index (Phi) is 4.90. The van der Waals surface area contributed by atoms with E-state index < -0.39 is 0 Å². The zero-order chi connectivity index (χ0) is 22.4. The van der Waals surface area contributed by atoms with Gasteiger partial charge < -0.3 is 19.6 Å². The van der Waals surface area contributed by atoms with E-state index in [9.17, 15) is 4.79 Å². The van der Waals surface area contributed by atoms with Crippen molar-refractivity contribution in [3.05, 3.63) is 59.5 Å². The van der Waals surface area contributed by atoms with Crippen molar-refractivity contribution in [2.45, 2.75) is 19.9 Å². The van der Waals surface area contributed by atoms with E-state index in [4.69, 9.17) is 4.52 Å². The van der Waals surface area contributed by atoms with Gasteiger partial charge in [-0.3, -0.25) is 9.20 Å². The van der Waals surface area contributed by atoms with Crippen molar-refractivity contribution < 1.29 is 9.32 Å². The lowest BCUT2D eigenvalue weighted by atomic mass is 10.1. The van der Waals surface area contributed by atoms with Crippen LogP contribution in [0.4, 0.5) is 11.7 Å². The highest BCUT2D eigenvalue weighted by molar-refractivity contribution is 6.04. The summed E-state index contributed by atoms with van der Waals surface area (Å²) in [5, 5.41) is 7.14. The summed E-state index contributed by atoms with van der Waals surface area (Å²) in [5.74, 6) is 0.264. The molecule has 4 heterocycles. The molecular weight excluding hydrogens is 406 g/mol. The molecule has 5 rings (SSSR count). The Bertz CT molecular complexity index is 1300. The summed E-state index contributed by atoms with van der Waals surface area (Å²) in [6, 6.07) is 10.6. The number of nitrogens with one attached hydrogen (secondary N) is 1. The quantitative estimate of drug-likeness (QED) is 0.519. The first-order chi connectivity index (χ1) is 15.4. The molecule has 0 bridgehead atoms. The Morgan fingerprint density at radius 1 is 1.19 bits per heavy atom. The van der Waals surface area contributed by atoms with Gasteiger partial charge in [-0.1, -0.05) is 17.3 Å². The molecule has 9 heteroatoms. The molecule has 1 saturated heterocycles. The zero-order valence-corrected chi connectivity index (χ0v) is 18.5. The Morgan fingerprint density at radius 3 is 2.78 bits per heavy atom. The van der Waals surface area contributed by atoms with Gasteiger partial charge in [0.1, 0.15) is 11.3 Å². The second kappa shape index (κ2) is 7.76. The lowest BCUT2D eigenvalue weighted by Crippen LogP contribution is -2.57. The largest absolute Gasteiger partial charge is 0.324 e. The summed E-state index contributed by atoms with van der Waals surface area (Å²) in [6.07, 6.45) is 3.44. The number of amides is 1. The molecule has 0 aliphatic carbocycles. The van der Waals surface area contributed by atoms with Crippen LogP contribution in [-0.2, 0) is 0 Å². The third-order valence-corrected chi connectivity index (χ3v) is 5.92. The highest BCUT2D eigenvalue weighted by atomic mass is 16.5. The minimum absolute atomic E-state index is 0.231. The monoisotopic (exact) mass is 431 g/mol. The molecule has 1 aliphatic heterocycles. The van der Waals surface area contributed by atoms with Gasteiger partial charge >= 0.3 is 6.01 Å². The van der Waals surface area contributed by atoms with E-state index in [1.807, 2.05) is 50.4 Å². The normalized spacial score (nSPS) is 14.2. The molecule has 0 saturated carbocycles. The zero-order valence-electron chi connectivity index (χ0n) is 18.5. The van der Waals surface area contributed by atoms with Gasteiger partial charge in [-0.15, -0.1) is 0 Å². The number of nitrogens with zero attached hydrogens (tertiary/aromatic N) is 6. The lowest BCUT2D eigenvalue weighted by Gasteiger charge is -2.41. The summed E-state index contributed by atoms with van der Waals surface area (Å²) < 4.78 is 7.25. The first-order valence-corrected chi connectivity index (χ1v) is 10.5. The van der Waals surface area contributed by atoms with Crippen LogP contribution in [0.1, 0.15) is 21.6 Å². The molecule has 0 spiro atoms. The van der Waals surface area contributed by atoms with Crippen LogP contribution in [0.25, 0.3) is 17.0 Å². The number of imidazole rings is 1. The average molecular weight is 432 g/mol. The number of aryl methyl sites for hydroxylation is 2. The third kappa shape index (κ3) is 3.60. The molecular formula is C23H25N7O2. The Balaban J connectivity index is 1.36. The van der Waals surface area contributed by atoms with Gasteiger partial charge in [0.15, 0.2) is 0 Å². The molecule has 1 N–H and O–H groups in total. The molecule has 9 nitrogen and oxygen atoms in total. The maximum atomic E-state index is 13.0. The fraction of sp³-hybridized carbons (Fsp3) is 0.304. The van der Waals surface area contributed by atoms with Crippen LogP contribution in [0.3, 0.4) is 0 Å². The predicted molar refractivity (Wildman–Crippen MR) is 122 cm³/mol. The number of anilines is 2. The molecule has 1 aromatic carbocycles. The standard InChI is InChI=1S/C23H25N7O2/c1-14-7-8-30-19(11-24-20(30)9-14)22(31)25-18-10-16(6-5-15(18)2)21-26-23(32-27-21)29-12-17(13-29)28(3)4/h5-11,17H,12-13H2,1-4H3,(H,25,31). The van der Waals surface area contributed by atoms with Crippen molar-refractivity contribution in [1.82, 2.24) is 24.4 Å². The number of likely N-dealkylation sites (N-methyl/N-ethyl adjacent to an activating group) is 1. The van der Waals surface area contributed by atoms with Crippen LogP contribution < -0.4 is 10.2 Å². The average Bonchev–Trinajstić information content (AvgIpc) is 3.35. The van der Waals surface area contributed by atoms with Crippen LogP contribution >= 0.6 is 0 Å². The van der Waals surface area contributed by atoms with Gasteiger partial charge in [-0.05, 0) is 57.3 Å². The third-order valence-electron chi connectivity index (χ3n) is 5.92. The summed E-state index contributed by atoms with van der Waals surface area (Å²) in [6.45, 7) is 5.67. The van der Waals surface area contributed by atoms with Crippen molar-refractivity contribution in [3.63, 3.8) is 0 Å². The van der Waals surface area contributed by atoms with Crippen LogP contribution in [-0.4, -0.2) is 63.6 Å². The van der Waals surface area contributed by atoms with Gasteiger partial charge in [-0.25, -0.2) is 4.98 Å². The van der Waals surface area contributed by atoms with Gasteiger partial charge in [-0.2, -0.15) is 4.98 Å². The minimum atomic E-state index is -0.231. The van der Waals surface area contributed by atoms with E-state index >= 15 is 0 Å². The Hall–Kier alpha value is -3.72. The van der Waals surface area contributed by atoms with Crippen LogP contribution in [0, 0.1) is 13.8 Å². The second-order valence-electron chi connectivity index (χ2n) is 8.48. The van der Waals surface area contributed by atoms with Gasteiger partial charge in [0.05, 0.1) is 6.20 Å². The number of carbonyl (C=O) groups is 1. The molecule has 0 radical (unpaired) electrons. The fourth-order valence-corrected chi connectivity index (χ4v) is 3.73. The number of rotatable bonds is 5. The van der Waals surface area contributed by atoms with Crippen molar-refractivity contribution in [2.24, 2.45) is 0 Å². The topological polar surface area (TPSA) is 91.8 Å². The predicted octanol–water partition coefficient (Wildman–Crippen LogP) is 3.00. The van der Waals surface area contributed by atoms with Gasteiger partial charge in [0.25, 0.3) is 5.91 Å². The van der Waals surface area contributed by atoms with Crippen molar-refractivity contribution in [1.29, 1.82) is 0 Å². The fourth-order valence-electron chi connectivity index (χ4n) is 3.73. The number of hydrogen-bond donors (Lipinski definition) is 1. The van der Waals surface area contributed by atoms with Crippen molar-refractivity contribution in [3.8, 4) is 11.4 Å². The van der Waals surface area contributed by atoms with E-state index in [0.717, 1.165) is 35.4 Å². The number of hydrogen-bond acceptors (Lipinski definition) is 7. The molecule has 4 aromatic rings. The summed E-state index contributed by atoms with van der Waals surface area (Å²) in [5.41, 5.74) is 4.71. The first kappa shape index (κ1) is 20.2. The maximum Gasteiger partial charge on any atom is 0.324 e. The van der Waals surface area contributed by atoms with E-state index in [1.54, 1.807) is 10.6 Å². The van der Waals surface area contributed by atoms with E-state index in [-0.39, 0.29) is 5.91 Å². The number of aromatic nitrogens is 4. The van der Waals surface area contributed by atoms with E-state index in [0.29, 0.717) is 29.3 Å². The smallest absolute Gasteiger partial charge is 0.321 e. The second-order valence-corrected chi connectivity index (χ2v) is 8.48. The molecule has 1 fully saturated rings. The summed E-state index contributed by atoms with van der Waals surface area (Å²) >= 11 is 0. The molecule has 1 amide bonds. The number of fused-ring (bicyclic) bond motifs is 1. The highest BCUT2D eigenvalue weighted by Gasteiger charge is 2.32. The van der Waals surface area contributed by atoms with E-state index in [1.165, 1.54) is 0 Å². The summed E-state index contributed by atoms with van der Waals surface area (Å²) in [4.78, 5) is 26.1. The van der Waals surface area contributed by atoms with Gasteiger partial charge in [0, 0.05) is 36.6 Å². The van der Waals surface area contributed by atoms with Crippen LogP contribution in [0.5, 0.6) is 0 Å². The van der Waals surface area contributed by atoms with E-state index in [2.05, 4.69) is 44.3 Å². The van der Waals surface area contributed by atoms with Crippen molar-refractivity contribution >= 4 is 23.3 Å². The SMILES string of the molecule is Cc1ccn2c(C(=O)Nc3cc(-c4noc(N5CC(N(C)C)C5)n4)ccc3C)cnc2c1. The van der Waals surface area contributed by atoms with Gasteiger partial charge in [0.2, 0.25) is 5.82 Å². The molecule has 3 aromatic heterocycles. The highest BCUT2D eigenvalue weighted by Crippen LogP contribution is 2.27. The Morgan fingerprint density at radius 2 is 2.00 bits per heavy atom. The molecule has 0 unspecified atom stereocenters. The summed E-state index contributed by atoms with van der Waals surface area (Å²) in [7, 11) is 4.13. The first-order valence-electron chi connectivity index (χ1n) is 10.5. The molecule has 32 heavy (non-hydrogen) atoms. The van der Waals surface area contributed by atoms with Crippen molar-refractivity contribution in [2.75, 3.05) is 37.4 Å². The minimum Gasteiger partial charge on any atom is -0.321 e. The number of benzene rings is 1. The van der Waals surface area contributed by atoms with Crippen LogP contribution in [0.2, 0.25) is 0 Å². The molecule has 0 atom stereocenters. The number of carbonyl (C=O) groups excluding carboxylic acids is 1.